The molecule has 0 unspecified atom stereocenters. The van der Waals surface area contributed by atoms with Crippen molar-refractivity contribution in [2.75, 3.05) is 5.73 Å². The SMILES string of the molecule is Cn1nc(-c2ccsc2)c(F)c1N. The molecule has 0 aliphatic heterocycles. The number of nitrogens with two attached hydrogens (primary N) is 1. The van der Waals surface area contributed by atoms with Crippen LogP contribution in [0.15, 0.2) is 16.8 Å². The number of aryl methyl sites for hydroxylation is 1. The molecule has 0 aliphatic rings. The summed E-state index contributed by atoms with van der Waals surface area (Å²) >= 11 is 1.50. The van der Waals surface area contributed by atoms with Crippen molar-refractivity contribution >= 4 is 17.2 Å². The smallest absolute Gasteiger partial charge is 0.192 e. The summed E-state index contributed by atoms with van der Waals surface area (Å²) in [5.41, 5.74) is 6.53. The molecule has 0 radical (unpaired) electrons. The molecule has 0 amide bonds. The molecule has 68 valence electrons. The van der Waals surface area contributed by atoms with E-state index in [0.29, 0.717) is 5.69 Å². The summed E-state index contributed by atoms with van der Waals surface area (Å²) < 4.78 is 14.7. The average Bonchev–Trinajstić information content (AvgIpc) is 2.70. The van der Waals surface area contributed by atoms with Gasteiger partial charge in [0.05, 0.1) is 0 Å². The van der Waals surface area contributed by atoms with Crippen LogP contribution in [-0.4, -0.2) is 9.78 Å². The van der Waals surface area contributed by atoms with Crippen LogP contribution in [0.3, 0.4) is 0 Å². The van der Waals surface area contributed by atoms with Crippen molar-refractivity contribution < 1.29 is 4.39 Å². The van der Waals surface area contributed by atoms with E-state index < -0.39 is 5.82 Å². The highest BCUT2D eigenvalue weighted by Gasteiger charge is 2.14. The van der Waals surface area contributed by atoms with E-state index >= 15 is 0 Å². The van der Waals surface area contributed by atoms with Gasteiger partial charge in [-0.3, -0.25) is 0 Å². The normalized spacial score (nSPS) is 10.6. The highest BCUT2D eigenvalue weighted by atomic mass is 32.1. The standard InChI is InChI=1S/C8H8FN3S/c1-12-8(10)6(9)7(11-12)5-2-3-13-4-5/h2-4H,10H2,1H3. The van der Waals surface area contributed by atoms with Crippen molar-refractivity contribution in [2.45, 2.75) is 0 Å². The third kappa shape index (κ3) is 1.21. The fourth-order valence-corrected chi connectivity index (χ4v) is 1.74. The summed E-state index contributed by atoms with van der Waals surface area (Å²) in [5.74, 6) is -0.373. The second-order valence-corrected chi connectivity index (χ2v) is 3.46. The van der Waals surface area contributed by atoms with Crippen LogP contribution in [0.1, 0.15) is 0 Å². The van der Waals surface area contributed by atoms with Gasteiger partial charge in [0.2, 0.25) is 0 Å². The number of rotatable bonds is 1. The predicted octanol–water partition coefficient (Wildman–Crippen LogP) is 1.87. The summed E-state index contributed by atoms with van der Waals surface area (Å²) in [6.45, 7) is 0. The molecule has 2 aromatic rings. The van der Waals surface area contributed by atoms with Gasteiger partial charge >= 0.3 is 0 Å². The molecule has 0 saturated heterocycles. The number of aromatic nitrogens is 2. The maximum absolute atomic E-state index is 13.4. The molecular formula is C8H8FN3S. The van der Waals surface area contributed by atoms with Gasteiger partial charge < -0.3 is 5.73 Å². The van der Waals surface area contributed by atoms with Crippen LogP contribution in [0, 0.1) is 5.82 Å². The molecule has 0 saturated carbocycles. The molecule has 0 fully saturated rings. The molecule has 3 nitrogen and oxygen atoms in total. The van der Waals surface area contributed by atoms with Crippen molar-refractivity contribution in [3.63, 3.8) is 0 Å². The van der Waals surface area contributed by atoms with E-state index in [1.807, 2.05) is 16.8 Å². The zero-order valence-corrected chi connectivity index (χ0v) is 7.81. The first kappa shape index (κ1) is 8.25. The number of nitrogens with zero attached hydrogens (tertiary/aromatic N) is 2. The van der Waals surface area contributed by atoms with Crippen LogP contribution in [-0.2, 0) is 7.05 Å². The van der Waals surface area contributed by atoms with E-state index in [-0.39, 0.29) is 5.82 Å². The molecule has 0 aliphatic carbocycles. The monoisotopic (exact) mass is 197 g/mol. The first-order valence-corrected chi connectivity index (χ1v) is 4.65. The zero-order valence-electron chi connectivity index (χ0n) is 6.99. The molecule has 0 spiro atoms. The van der Waals surface area contributed by atoms with Crippen molar-refractivity contribution in [3.05, 3.63) is 22.6 Å². The van der Waals surface area contributed by atoms with Crippen molar-refractivity contribution in [2.24, 2.45) is 7.05 Å². The first-order chi connectivity index (χ1) is 6.20. The number of hydrogen-bond donors (Lipinski definition) is 1. The summed E-state index contributed by atoms with van der Waals surface area (Å²) in [6.07, 6.45) is 0. The van der Waals surface area contributed by atoms with Crippen LogP contribution in [0.25, 0.3) is 11.3 Å². The molecule has 5 heteroatoms. The van der Waals surface area contributed by atoms with Gasteiger partial charge in [0.15, 0.2) is 11.6 Å². The van der Waals surface area contributed by atoms with E-state index in [4.69, 9.17) is 5.73 Å². The van der Waals surface area contributed by atoms with Gasteiger partial charge in [-0.05, 0) is 11.4 Å². The number of anilines is 1. The van der Waals surface area contributed by atoms with Gasteiger partial charge in [0.25, 0.3) is 0 Å². The Labute approximate surface area is 78.6 Å². The van der Waals surface area contributed by atoms with Crippen LogP contribution in [0.5, 0.6) is 0 Å². The average molecular weight is 197 g/mol. The van der Waals surface area contributed by atoms with Gasteiger partial charge in [-0.25, -0.2) is 9.07 Å². The summed E-state index contributed by atoms with van der Waals surface area (Å²) in [4.78, 5) is 0. The van der Waals surface area contributed by atoms with Gasteiger partial charge in [-0.2, -0.15) is 16.4 Å². The van der Waals surface area contributed by atoms with E-state index in [1.165, 1.54) is 16.0 Å². The third-order valence-electron chi connectivity index (χ3n) is 1.83. The molecule has 0 aromatic carbocycles. The van der Waals surface area contributed by atoms with E-state index in [1.54, 1.807) is 7.05 Å². The number of hydrogen-bond acceptors (Lipinski definition) is 3. The van der Waals surface area contributed by atoms with E-state index in [9.17, 15) is 4.39 Å². The highest BCUT2D eigenvalue weighted by Crippen LogP contribution is 2.26. The third-order valence-corrected chi connectivity index (χ3v) is 2.51. The quantitative estimate of drug-likeness (QED) is 0.758. The summed E-state index contributed by atoms with van der Waals surface area (Å²) in [7, 11) is 1.62. The van der Waals surface area contributed by atoms with Gasteiger partial charge in [0.1, 0.15) is 5.69 Å². The number of nitrogen functional groups attached to an aromatic ring is 1. The minimum absolute atomic E-state index is 0.0706. The number of thiophene rings is 1. The van der Waals surface area contributed by atoms with Crippen molar-refractivity contribution in [3.8, 4) is 11.3 Å². The molecule has 2 rings (SSSR count). The number of halogens is 1. The minimum atomic E-state index is -0.444. The molecule has 13 heavy (non-hydrogen) atoms. The lowest BCUT2D eigenvalue weighted by Gasteiger charge is -1.88. The highest BCUT2D eigenvalue weighted by molar-refractivity contribution is 7.08. The van der Waals surface area contributed by atoms with Gasteiger partial charge in [-0.15, -0.1) is 0 Å². The molecule has 0 bridgehead atoms. The maximum atomic E-state index is 13.4. The van der Waals surface area contributed by atoms with Gasteiger partial charge in [0, 0.05) is 18.0 Å². The fourth-order valence-electron chi connectivity index (χ4n) is 1.09. The van der Waals surface area contributed by atoms with Crippen LogP contribution in [0.4, 0.5) is 10.2 Å². The maximum Gasteiger partial charge on any atom is 0.192 e. The Morgan fingerprint density at radius 2 is 2.38 bits per heavy atom. The topological polar surface area (TPSA) is 43.8 Å². The lowest BCUT2D eigenvalue weighted by atomic mass is 10.2. The molecule has 2 aromatic heterocycles. The van der Waals surface area contributed by atoms with E-state index in [0.717, 1.165) is 5.56 Å². The minimum Gasteiger partial charge on any atom is -0.381 e. The first-order valence-electron chi connectivity index (χ1n) is 3.70. The predicted molar refractivity (Wildman–Crippen MR) is 50.9 cm³/mol. The molecule has 2 N–H and O–H groups in total. The summed E-state index contributed by atoms with van der Waals surface area (Å²) in [6, 6.07) is 1.82. The molecular weight excluding hydrogens is 189 g/mol. The lowest BCUT2D eigenvalue weighted by molar-refractivity contribution is 0.634. The Morgan fingerprint density at radius 3 is 2.85 bits per heavy atom. The second-order valence-electron chi connectivity index (χ2n) is 2.68. The van der Waals surface area contributed by atoms with Crippen molar-refractivity contribution in [1.29, 1.82) is 0 Å². The Hall–Kier alpha value is -1.36. The van der Waals surface area contributed by atoms with Crippen LogP contribution >= 0.6 is 11.3 Å². The zero-order chi connectivity index (χ0) is 9.42. The molecule has 2 heterocycles. The summed E-state index contributed by atoms with van der Waals surface area (Å²) in [5, 5.41) is 7.69. The molecule has 0 atom stereocenters. The Morgan fingerprint density at radius 1 is 1.62 bits per heavy atom. The fraction of sp³-hybridized carbons (Fsp3) is 0.125. The van der Waals surface area contributed by atoms with Crippen molar-refractivity contribution in [1.82, 2.24) is 9.78 Å². The van der Waals surface area contributed by atoms with E-state index in [2.05, 4.69) is 5.10 Å². The Balaban J connectivity index is 2.59. The van der Waals surface area contributed by atoms with Crippen LogP contribution < -0.4 is 5.73 Å². The van der Waals surface area contributed by atoms with Gasteiger partial charge in [-0.1, -0.05) is 0 Å². The second kappa shape index (κ2) is 2.85. The Bertz CT molecular complexity index is 419. The van der Waals surface area contributed by atoms with Crippen LogP contribution in [0.2, 0.25) is 0 Å². The Kier molecular flexibility index (Phi) is 1.81. The lowest BCUT2D eigenvalue weighted by Crippen LogP contribution is -1.97. The largest absolute Gasteiger partial charge is 0.381 e.